The Morgan fingerprint density at radius 3 is 2.56 bits per heavy atom. The summed E-state index contributed by atoms with van der Waals surface area (Å²) >= 11 is 0. The molecule has 2 aliphatic rings. The molecule has 1 aliphatic heterocycles. The van der Waals surface area contributed by atoms with Crippen LogP contribution in [0, 0.1) is 11.7 Å². The minimum Gasteiger partial charge on any atom is -0.339 e. The number of aromatic amines is 1. The van der Waals surface area contributed by atoms with Gasteiger partial charge in [0.05, 0.1) is 16.6 Å². The number of H-pyrrole nitrogens is 1. The molecule has 2 amide bonds. The summed E-state index contributed by atoms with van der Waals surface area (Å²) in [5.74, 6) is -0.649. The van der Waals surface area contributed by atoms with Crippen molar-refractivity contribution in [3.05, 3.63) is 75.5 Å². The third kappa shape index (κ3) is 4.76. The second-order valence-electron chi connectivity index (χ2n) is 10.0. The Morgan fingerprint density at radius 1 is 1.06 bits per heavy atom. The first-order valence-corrected chi connectivity index (χ1v) is 12.8. The van der Waals surface area contributed by atoms with Crippen molar-refractivity contribution in [2.24, 2.45) is 5.92 Å². The molecule has 2 aromatic carbocycles. The number of hydrogen-bond acceptors (Lipinski definition) is 4. The fraction of sp³-hybridized carbons (Fsp3) is 0.429. The van der Waals surface area contributed by atoms with E-state index in [9.17, 15) is 18.8 Å². The number of piperazine rings is 1. The van der Waals surface area contributed by atoms with E-state index in [1.165, 1.54) is 12.5 Å². The van der Waals surface area contributed by atoms with Crippen molar-refractivity contribution in [2.75, 3.05) is 19.6 Å². The molecule has 1 aliphatic carbocycles. The zero-order valence-electron chi connectivity index (χ0n) is 20.5. The Morgan fingerprint density at radius 2 is 1.81 bits per heavy atom. The fourth-order valence-electron chi connectivity index (χ4n) is 5.57. The molecule has 1 saturated carbocycles. The van der Waals surface area contributed by atoms with E-state index in [2.05, 4.69) is 10.2 Å². The zero-order chi connectivity index (χ0) is 25.2. The molecule has 7 nitrogen and oxygen atoms in total. The normalized spacial score (nSPS) is 19.0. The predicted molar refractivity (Wildman–Crippen MR) is 135 cm³/mol. The van der Waals surface area contributed by atoms with Gasteiger partial charge in [-0.25, -0.2) is 9.49 Å². The van der Waals surface area contributed by atoms with Crippen molar-refractivity contribution in [3.8, 4) is 0 Å². The molecule has 3 aromatic rings. The quantitative estimate of drug-likeness (QED) is 0.601. The van der Waals surface area contributed by atoms with Gasteiger partial charge < -0.3 is 9.80 Å². The Kier molecular flexibility index (Phi) is 6.85. The molecule has 8 heteroatoms. The van der Waals surface area contributed by atoms with Gasteiger partial charge in [0.25, 0.3) is 11.5 Å². The molecule has 2 heterocycles. The summed E-state index contributed by atoms with van der Waals surface area (Å²) in [5, 5.41) is 7.98. The van der Waals surface area contributed by atoms with Crippen LogP contribution >= 0.6 is 0 Å². The highest BCUT2D eigenvalue weighted by molar-refractivity contribution is 5.95. The van der Waals surface area contributed by atoms with Crippen LogP contribution in [0.25, 0.3) is 10.8 Å². The van der Waals surface area contributed by atoms with E-state index in [-0.39, 0.29) is 34.9 Å². The number of fused-ring (bicyclic) bond motifs is 1. The lowest BCUT2D eigenvalue weighted by Crippen LogP contribution is -2.56. The summed E-state index contributed by atoms with van der Waals surface area (Å²) in [4.78, 5) is 42.0. The van der Waals surface area contributed by atoms with Crippen molar-refractivity contribution in [1.82, 2.24) is 20.0 Å². The van der Waals surface area contributed by atoms with E-state index in [4.69, 9.17) is 0 Å². The van der Waals surface area contributed by atoms with Gasteiger partial charge in [-0.2, -0.15) is 5.10 Å². The Balaban J connectivity index is 1.32. The number of amides is 2. The largest absolute Gasteiger partial charge is 0.339 e. The smallest absolute Gasteiger partial charge is 0.272 e. The van der Waals surface area contributed by atoms with Crippen LogP contribution in [0.5, 0.6) is 0 Å². The van der Waals surface area contributed by atoms with E-state index in [0.717, 1.165) is 36.6 Å². The van der Waals surface area contributed by atoms with Crippen molar-refractivity contribution in [1.29, 1.82) is 0 Å². The summed E-state index contributed by atoms with van der Waals surface area (Å²) in [6.45, 7) is 3.24. The number of hydrogen-bond donors (Lipinski definition) is 1. The van der Waals surface area contributed by atoms with Gasteiger partial charge in [-0.15, -0.1) is 0 Å². The fourth-order valence-corrected chi connectivity index (χ4v) is 5.57. The number of nitrogens with one attached hydrogen (secondary N) is 1. The molecule has 2 fully saturated rings. The number of aromatic nitrogens is 2. The standard InChI is InChI=1S/C28H31FN4O3/c1-18-17-32(27(35)20-7-3-2-4-8-20)13-14-33(18)28(36)23-15-19(11-12-24(23)29)16-25-21-9-5-6-10-22(21)26(34)31-30-25/h5-6,9-12,15,18,20H,2-4,7-8,13-14,16-17H2,1H3,(H,31,34)/t18-/m0/s1. The van der Waals surface area contributed by atoms with E-state index in [1.54, 1.807) is 29.2 Å². The van der Waals surface area contributed by atoms with Crippen molar-refractivity contribution in [2.45, 2.75) is 51.5 Å². The Labute approximate surface area is 209 Å². The van der Waals surface area contributed by atoms with Gasteiger partial charge in [0.1, 0.15) is 5.82 Å². The highest BCUT2D eigenvalue weighted by Gasteiger charge is 2.34. The van der Waals surface area contributed by atoms with Crippen molar-refractivity contribution in [3.63, 3.8) is 0 Å². The van der Waals surface area contributed by atoms with Crippen molar-refractivity contribution >= 4 is 22.6 Å². The predicted octanol–water partition coefficient (Wildman–Crippen LogP) is 3.91. The van der Waals surface area contributed by atoms with Gasteiger partial charge in [0.2, 0.25) is 5.91 Å². The van der Waals surface area contributed by atoms with Crippen LogP contribution in [0.4, 0.5) is 4.39 Å². The van der Waals surface area contributed by atoms with Crippen molar-refractivity contribution < 1.29 is 14.0 Å². The SMILES string of the molecule is C[C@H]1CN(C(=O)C2CCCCC2)CCN1C(=O)c1cc(Cc2n[nH]c(=O)c3ccccc23)ccc1F. The molecular weight excluding hydrogens is 459 g/mol. The monoisotopic (exact) mass is 490 g/mol. The number of nitrogens with zero attached hydrogens (tertiary/aromatic N) is 3. The molecule has 5 rings (SSSR count). The topological polar surface area (TPSA) is 86.4 Å². The van der Waals surface area contributed by atoms with Gasteiger partial charge in [-0.05, 0) is 43.5 Å². The lowest BCUT2D eigenvalue weighted by molar-refractivity contribution is -0.139. The highest BCUT2D eigenvalue weighted by Crippen LogP contribution is 2.27. The maximum Gasteiger partial charge on any atom is 0.272 e. The third-order valence-corrected chi connectivity index (χ3v) is 7.56. The molecule has 36 heavy (non-hydrogen) atoms. The van der Waals surface area contributed by atoms with E-state index in [0.29, 0.717) is 37.1 Å². The maximum absolute atomic E-state index is 14.8. The lowest BCUT2D eigenvalue weighted by Gasteiger charge is -2.41. The molecule has 1 atom stereocenters. The summed E-state index contributed by atoms with van der Waals surface area (Å²) < 4.78 is 14.8. The minimum atomic E-state index is -0.573. The molecule has 1 N–H and O–H groups in total. The van der Waals surface area contributed by atoms with E-state index >= 15 is 0 Å². The first kappa shape index (κ1) is 24.2. The molecule has 0 radical (unpaired) electrons. The molecule has 0 unspecified atom stereocenters. The third-order valence-electron chi connectivity index (χ3n) is 7.56. The first-order valence-electron chi connectivity index (χ1n) is 12.8. The molecule has 1 aromatic heterocycles. The van der Waals surface area contributed by atoms with Gasteiger partial charge in [0.15, 0.2) is 0 Å². The molecular formula is C28H31FN4O3. The number of carbonyl (C=O) groups is 2. The molecule has 0 bridgehead atoms. The molecule has 188 valence electrons. The van der Waals surface area contributed by atoms with Gasteiger partial charge in [-0.1, -0.05) is 43.5 Å². The van der Waals surface area contributed by atoms with E-state index in [1.807, 2.05) is 24.0 Å². The van der Waals surface area contributed by atoms with E-state index < -0.39 is 5.82 Å². The average molecular weight is 491 g/mol. The van der Waals surface area contributed by atoms with Gasteiger partial charge in [-0.3, -0.25) is 14.4 Å². The number of rotatable bonds is 4. The minimum absolute atomic E-state index is 0.0140. The Hall–Kier alpha value is -3.55. The number of halogens is 1. The summed E-state index contributed by atoms with van der Waals surface area (Å²) in [6, 6.07) is 11.5. The molecule has 1 saturated heterocycles. The second kappa shape index (κ2) is 10.2. The van der Waals surface area contributed by atoms with Crippen LogP contribution < -0.4 is 5.56 Å². The van der Waals surface area contributed by atoms with Crippen LogP contribution in [0.2, 0.25) is 0 Å². The summed E-state index contributed by atoms with van der Waals surface area (Å²) in [7, 11) is 0. The van der Waals surface area contributed by atoms with Gasteiger partial charge >= 0.3 is 0 Å². The lowest BCUT2D eigenvalue weighted by atomic mass is 9.88. The summed E-state index contributed by atoms with van der Waals surface area (Å²) in [5.41, 5.74) is 1.13. The van der Waals surface area contributed by atoms with Crippen LogP contribution in [-0.2, 0) is 11.2 Å². The average Bonchev–Trinajstić information content (AvgIpc) is 2.91. The van der Waals surface area contributed by atoms with Crippen LogP contribution in [0.15, 0.2) is 47.3 Å². The maximum atomic E-state index is 14.8. The first-order chi connectivity index (χ1) is 17.4. The number of benzene rings is 2. The van der Waals surface area contributed by atoms with Gasteiger partial charge in [0, 0.05) is 43.4 Å². The van der Waals surface area contributed by atoms with Crippen LogP contribution in [0.1, 0.15) is 60.6 Å². The zero-order valence-corrected chi connectivity index (χ0v) is 20.5. The molecule has 0 spiro atoms. The Bertz CT molecular complexity index is 1350. The number of carbonyl (C=O) groups excluding carboxylic acids is 2. The summed E-state index contributed by atoms with van der Waals surface area (Å²) in [6.07, 6.45) is 5.64. The van der Waals surface area contributed by atoms with Crippen LogP contribution in [-0.4, -0.2) is 57.5 Å². The highest BCUT2D eigenvalue weighted by atomic mass is 19.1. The van der Waals surface area contributed by atoms with Crippen LogP contribution in [0.3, 0.4) is 0 Å². The second-order valence-corrected chi connectivity index (χ2v) is 10.0.